The molecule has 0 bridgehead atoms. The molecule has 0 spiro atoms. The Hall–Kier alpha value is -1.60. The number of hydrogen-bond donors (Lipinski definition) is 1. The lowest BCUT2D eigenvalue weighted by atomic mass is 10.2. The monoisotopic (exact) mass is 356 g/mol. The van der Waals surface area contributed by atoms with Crippen LogP contribution in [0, 0.1) is 17.4 Å². The SMILES string of the molecule is COC(=O)c1c(C)[nH]c(-c2cccc(F)c2Br)nc1=S. The molecule has 2 rings (SSSR count). The second-order valence-electron chi connectivity index (χ2n) is 3.98. The molecule has 0 radical (unpaired) electrons. The molecule has 4 nitrogen and oxygen atoms in total. The average molecular weight is 357 g/mol. The fourth-order valence-electron chi connectivity index (χ4n) is 1.74. The van der Waals surface area contributed by atoms with E-state index in [9.17, 15) is 9.18 Å². The van der Waals surface area contributed by atoms with Crippen LogP contribution < -0.4 is 0 Å². The molecule has 2 aromatic rings. The first-order valence-electron chi connectivity index (χ1n) is 5.59. The standard InChI is InChI=1S/C13H10BrFN2O2S/c1-6-9(13(18)19-2)12(20)17-11(16-6)7-4-3-5-8(15)10(7)14/h3-5H,1-2H3,(H,16,17,20). The highest BCUT2D eigenvalue weighted by molar-refractivity contribution is 9.10. The van der Waals surface area contributed by atoms with Crippen molar-refractivity contribution in [2.75, 3.05) is 7.11 Å². The molecule has 0 amide bonds. The van der Waals surface area contributed by atoms with E-state index >= 15 is 0 Å². The van der Waals surface area contributed by atoms with Gasteiger partial charge in [-0.15, -0.1) is 0 Å². The van der Waals surface area contributed by atoms with Crippen LogP contribution in [0.2, 0.25) is 0 Å². The van der Waals surface area contributed by atoms with Crippen LogP contribution in [0.1, 0.15) is 16.1 Å². The lowest BCUT2D eigenvalue weighted by Crippen LogP contribution is -2.09. The molecular formula is C13H10BrFN2O2S. The summed E-state index contributed by atoms with van der Waals surface area (Å²) in [6.45, 7) is 1.68. The maximum absolute atomic E-state index is 13.5. The molecule has 1 N–H and O–H groups in total. The fraction of sp³-hybridized carbons (Fsp3) is 0.154. The Morgan fingerprint density at radius 1 is 1.50 bits per heavy atom. The zero-order valence-corrected chi connectivity index (χ0v) is 13.1. The minimum Gasteiger partial charge on any atom is -0.465 e. The van der Waals surface area contributed by atoms with E-state index in [1.807, 2.05) is 0 Å². The van der Waals surface area contributed by atoms with Crippen LogP contribution in [0.4, 0.5) is 4.39 Å². The molecule has 7 heteroatoms. The summed E-state index contributed by atoms with van der Waals surface area (Å²) in [7, 11) is 1.27. The third-order valence-corrected chi connectivity index (χ3v) is 3.81. The average Bonchev–Trinajstić information content (AvgIpc) is 2.40. The number of nitrogens with zero attached hydrogens (tertiary/aromatic N) is 1. The van der Waals surface area contributed by atoms with Gasteiger partial charge in [-0.2, -0.15) is 0 Å². The highest BCUT2D eigenvalue weighted by Gasteiger charge is 2.16. The van der Waals surface area contributed by atoms with Crippen molar-refractivity contribution >= 4 is 34.1 Å². The maximum Gasteiger partial charge on any atom is 0.342 e. The second kappa shape index (κ2) is 5.80. The van der Waals surface area contributed by atoms with Crippen molar-refractivity contribution in [1.29, 1.82) is 0 Å². The molecule has 0 aliphatic carbocycles. The number of hydrogen-bond acceptors (Lipinski definition) is 4. The lowest BCUT2D eigenvalue weighted by Gasteiger charge is -2.09. The van der Waals surface area contributed by atoms with Gasteiger partial charge in [-0.1, -0.05) is 18.3 Å². The van der Waals surface area contributed by atoms with Crippen LogP contribution in [0.5, 0.6) is 0 Å². The maximum atomic E-state index is 13.5. The Bertz CT molecular complexity index is 746. The first-order valence-corrected chi connectivity index (χ1v) is 6.79. The zero-order valence-electron chi connectivity index (χ0n) is 10.7. The van der Waals surface area contributed by atoms with Gasteiger partial charge in [-0.3, -0.25) is 0 Å². The van der Waals surface area contributed by atoms with E-state index in [1.54, 1.807) is 19.1 Å². The number of halogens is 2. The van der Waals surface area contributed by atoms with E-state index in [2.05, 4.69) is 30.6 Å². The van der Waals surface area contributed by atoms with Crippen molar-refractivity contribution < 1.29 is 13.9 Å². The summed E-state index contributed by atoms with van der Waals surface area (Å²) >= 11 is 8.27. The summed E-state index contributed by atoms with van der Waals surface area (Å²) in [6, 6.07) is 4.59. The van der Waals surface area contributed by atoms with Gasteiger partial charge in [0.1, 0.15) is 21.8 Å². The molecule has 0 fully saturated rings. The molecule has 0 atom stereocenters. The predicted molar refractivity (Wildman–Crippen MR) is 78.6 cm³/mol. The number of rotatable bonds is 2. The minimum atomic E-state index is -0.555. The highest BCUT2D eigenvalue weighted by atomic mass is 79.9. The quantitative estimate of drug-likeness (QED) is 0.656. The van der Waals surface area contributed by atoms with E-state index < -0.39 is 11.8 Å². The number of carbonyl (C=O) groups is 1. The molecule has 0 unspecified atom stereocenters. The number of methoxy groups -OCH3 is 1. The predicted octanol–water partition coefficient (Wildman–Crippen LogP) is 3.80. The van der Waals surface area contributed by atoms with Gasteiger partial charge >= 0.3 is 5.97 Å². The van der Waals surface area contributed by atoms with Gasteiger partial charge in [-0.05, 0) is 35.0 Å². The molecule has 1 heterocycles. The highest BCUT2D eigenvalue weighted by Crippen LogP contribution is 2.28. The minimum absolute atomic E-state index is 0.110. The summed E-state index contributed by atoms with van der Waals surface area (Å²) in [5.41, 5.74) is 1.25. The molecule has 0 aliphatic heterocycles. The van der Waals surface area contributed by atoms with E-state index in [-0.39, 0.29) is 14.7 Å². The van der Waals surface area contributed by atoms with Crippen molar-refractivity contribution in [3.8, 4) is 11.4 Å². The molecule has 1 aromatic carbocycles. The van der Waals surface area contributed by atoms with Crippen LogP contribution in [-0.2, 0) is 4.74 Å². The molecule has 0 saturated heterocycles. The number of H-pyrrole nitrogens is 1. The topological polar surface area (TPSA) is 55.0 Å². The molecule has 1 aromatic heterocycles. The van der Waals surface area contributed by atoms with Gasteiger partial charge < -0.3 is 9.72 Å². The Kier molecular flexibility index (Phi) is 4.29. The zero-order chi connectivity index (χ0) is 14.9. The molecule has 0 aliphatic rings. The van der Waals surface area contributed by atoms with E-state index in [1.165, 1.54) is 13.2 Å². The first-order chi connectivity index (χ1) is 9.45. The third-order valence-electron chi connectivity index (χ3n) is 2.70. The number of ether oxygens (including phenoxy) is 1. The largest absolute Gasteiger partial charge is 0.465 e. The smallest absolute Gasteiger partial charge is 0.342 e. The van der Waals surface area contributed by atoms with Crippen LogP contribution >= 0.6 is 28.1 Å². The van der Waals surface area contributed by atoms with E-state index in [4.69, 9.17) is 12.2 Å². The van der Waals surface area contributed by atoms with Crippen molar-refractivity contribution in [1.82, 2.24) is 9.97 Å². The Labute approximate surface area is 128 Å². The number of carbonyl (C=O) groups excluding carboxylic acids is 1. The van der Waals surface area contributed by atoms with Crippen LogP contribution in [0.3, 0.4) is 0 Å². The van der Waals surface area contributed by atoms with Gasteiger partial charge in [0.25, 0.3) is 0 Å². The second-order valence-corrected chi connectivity index (χ2v) is 5.16. The Balaban J connectivity index is 2.64. The number of aryl methyl sites for hydroxylation is 1. The third kappa shape index (κ3) is 2.64. The molecule has 104 valence electrons. The molecule has 20 heavy (non-hydrogen) atoms. The molecule has 0 saturated carbocycles. The Morgan fingerprint density at radius 2 is 2.20 bits per heavy atom. The van der Waals surface area contributed by atoms with Crippen LogP contribution in [-0.4, -0.2) is 23.0 Å². The normalized spacial score (nSPS) is 10.4. The van der Waals surface area contributed by atoms with Crippen molar-refractivity contribution in [2.24, 2.45) is 0 Å². The number of aromatic nitrogens is 2. The fourth-order valence-corrected chi connectivity index (χ4v) is 2.52. The van der Waals surface area contributed by atoms with Gasteiger partial charge in [0.05, 0.1) is 11.6 Å². The van der Waals surface area contributed by atoms with Crippen molar-refractivity contribution in [2.45, 2.75) is 6.92 Å². The summed E-state index contributed by atoms with van der Waals surface area (Å²) < 4.78 is 18.6. The number of aromatic amines is 1. The Morgan fingerprint density at radius 3 is 2.80 bits per heavy atom. The van der Waals surface area contributed by atoms with E-state index in [0.29, 0.717) is 17.1 Å². The number of benzene rings is 1. The van der Waals surface area contributed by atoms with Crippen LogP contribution in [0.25, 0.3) is 11.4 Å². The van der Waals surface area contributed by atoms with Gasteiger partial charge in [0.15, 0.2) is 0 Å². The number of esters is 1. The summed E-state index contributed by atoms with van der Waals surface area (Å²) in [6.07, 6.45) is 0. The molecular weight excluding hydrogens is 347 g/mol. The summed E-state index contributed by atoms with van der Waals surface area (Å²) in [5, 5.41) is 0. The van der Waals surface area contributed by atoms with Gasteiger partial charge in [0.2, 0.25) is 0 Å². The summed E-state index contributed by atoms with van der Waals surface area (Å²) in [5.74, 6) is -0.578. The van der Waals surface area contributed by atoms with Gasteiger partial charge in [-0.25, -0.2) is 14.2 Å². The van der Waals surface area contributed by atoms with E-state index in [0.717, 1.165) is 0 Å². The summed E-state index contributed by atoms with van der Waals surface area (Å²) in [4.78, 5) is 18.7. The number of nitrogens with one attached hydrogen (secondary N) is 1. The van der Waals surface area contributed by atoms with Crippen LogP contribution in [0.15, 0.2) is 22.7 Å². The first kappa shape index (κ1) is 14.8. The lowest BCUT2D eigenvalue weighted by molar-refractivity contribution is 0.0598. The van der Waals surface area contributed by atoms with Crippen molar-refractivity contribution in [3.05, 3.63) is 44.4 Å². The van der Waals surface area contributed by atoms with Crippen molar-refractivity contribution in [3.63, 3.8) is 0 Å². The van der Waals surface area contributed by atoms with Gasteiger partial charge in [0, 0.05) is 11.3 Å².